The number of hydrogen-bond donors (Lipinski definition) is 0. The lowest BCUT2D eigenvalue weighted by molar-refractivity contribution is 0.387. The molecule has 0 saturated carbocycles. The van der Waals surface area contributed by atoms with Crippen LogP contribution in [0.4, 0.5) is 0 Å². The van der Waals surface area contributed by atoms with E-state index in [9.17, 15) is 0 Å². The molecule has 1 aromatic carbocycles. The van der Waals surface area contributed by atoms with Crippen LogP contribution >= 0.6 is 23.2 Å². The molecule has 0 radical (unpaired) electrons. The number of rotatable bonds is 3. The minimum Gasteiger partial charge on any atom is -0.271 e. The molecular weight excluding hydrogens is 303 g/mol. The average molecular weight is 323 g/mol. The van der Waals surface area contributed by atoms with Gasteiger partial charge in [-0.05, 0) is 37.3 Å². The third-order valence-electron chi connectivity index (χ3n) is 4.71. The summed E-state index contributed by atoms with van der Waals surface area (Å²) < 4.78 is 1.91. The van der Waals surface area contributed by atoms with Crippen molar-refractivity contribution >= 4 is 23.2 Å². The lowest BCUT2D eigenvalue weighted by Gasteiger charge is -2.38. The molecule has 0 saturated heterocycles. The lowest BCUT2D eigenvalue weighted by atomic mass is 9.68. The van der Waals surface area contributed by atoms with Crippen LogP contribution in [0.2, 0.25) is 5.02 Å². The highest BCUT2D eigenvalue weighted by Gasteiger charge is 2.37. The second kappa shape index (κ2) is 5.66. The first kappa shape index (κ1) is 14.9. The summed E-state index contributed by atoms with van der Waals surface area (Å²) >= 11 is 12.9. The van der Waals surface area contributed by atoms with E-state index in [-0.39, 0.29) is 5.41 Å². The Morgan fingerprint density at radius 3 is 2.76 bits per heavy atom. The maximum absolute atomic E-state index is 6.45. The molecule has 0 aliphatic heterocycles. The summed E-state index contributed by atoms with van der Waals surface area (Å²) in [6.07, 6.45) is 4.28. The first-order valence-corrected chi connectivity index (χ1v) is 8.31. The molecule has 0 fully saturated rings. The van der Waals surface area contributed by atoms with Gasteiger partial charge in [-0.1, -0.05) is 35.9 Å². The van der Waals surface area contributed by atoms with Gasteiger partial charge in [0.2, 0.25) is 0 Å². The summed E-state index contributed by atoms with van der Waals surface area (Å²) in [6, 6.07) is 8.69. The second-order valence-corrected chi connectivity index (χ2v) is 6.72. The Morgan fingerprint density at radius 1 is 1.33 bits per heavy atom. The number of hydrogen-bond acceptors (Lipinski definition) is 1. The highest BCUT2D eigenvalue weighted by atomic mass is 35.5. The monoisotopic (exact) mass is 322 g/mol. The van der Waals surface area contributed by atoms with Crippen molar-refractivity contribution in [3.05, 3.63) is 51.8 Å². The molecule has 1 aliphatic rings. The van der Waals surface area contributed by atoms with E-state index in [0.717, 1.165) is 35.7 Å². The van der Waals surface area contributed by atoms with Gasteiger partial charge in [0, 0.05) is 24.8 Å². The zero-order valence-electron chi connectivity index (χ0n) is 12.5. The van der Waals surface area contributed by atoms with E-state index < -0.39 is 0 Å². The van der Waals surface area contributed by atoms with E-state index in [0.29, 0.717) is 5.88 Å². The van der Waals surface area contributed by atoms with Crippen molar-refractivity contribution < 1.29 is 0 Å². The summed E-state index contributed by atoms with van der Waals surface area (Å²) in [5.74, 6) is 0.616. The van der Waals surface area contributed by atoms with Crippen molar-refractivity contribution in [2.75, 3.05) is 5.88 Å². The number of nitrogens with zero attached hydrogens (tertiary/aromatic N) is 2. The van der Waals surface area contributed by atoms with Crippen LogP contribution in [0.5, 0.6) is 0 Å². The van der Waals surface area contributed by atoms with Crippen LogP contribution < -0.4 is 0 Å². The predicted molar refractivity (Wildman–Crippen MR) is 88.4 cm³/mol. The van der Waals surface area contributed by atoms with Crippen LogP contribution in [0, 0.1) is 6.92 Å². The minimum atomic E-state index is -0.0275. The molecule has 4 heteroatoms. The van der Waals surface area contributed by atoms with Crippen molar-refractivity contribution in [1.29, 1.82) is 0 Å². The zero-order chi connectivity index (χ0) is 15.0. The quantitative estimate of drug-likeness (QED) is 0.764. The topological polar surface area (TPSA) is 17.8 Å². The molecule has 0 bridgehead atoms. The molecule has 2 nitrogen and oxygen atoms in total. The van der Waals surface area contributed by atoms with E-state index in [1.807, 2.05) is 18.7 Å². The van der Waals surface area contributed by atoms with Gasteiger partial charge in [-0.15, -0.1) is 11.6 Å². The van der Waals surface area contributed by atoms with E-state index in [4.69, 9.17) is 23.2 Å². The molecule has 1 aliphatic carbocycles. The Bertz CT molecular complexity index is 663. The average Bonchev–Trinajstić information content (AvgIpc) is 2.74. The van der Waals surface area contributed by atoms with Gasteiger partial charge in [0.1, 0.15) is 0 Å². The minimum absolute atomic E-state index is 0.0275. The van der Waals surface area contributed by atoms with Gasteiger partial charge in [-0.3, -0.25) is 4.68 Å². The van der Waals surface area contributed by atoms with Crippen LogP contribution in [-0.2, 0) is 25.3 Å². The maximum atomic E-state index is 6.45. The molecule has 1 atom stereocenters. The number of fused-ring (bicyclic) bond motifs is 1. The van der Waals surface area contributed by atoms with Gasteiger partial charge < -0.3 is 0 Å². The Balaban J connectivity index is 2.06. The van der Waals surface area contributed by atoms with Crippen molar-refractivity contribution in [2.45, 2.75) is 38.0 Å². The maximum Gasteiger partial charge on any atom is 0.0847 e. The van der Waals surface area contributed by atoms with Crippen molar-refractivity contribution in [1.82, 2.24) is 9.78 Å². The van der Waals surface area contributed by atoms with Crippen molar-refractivity contribution in [3.8, 4) is 0 Å². The summed E-state index contributed by atoms with van der Waals surface area (Å²) in [4.78, 5) is 0. The van der Waals surface area contributed by atoms with Gasteiger partial charge in [-0.25, -0.2) is 0 Å². The molecule has 0 amide bonds. The highest BCUT2D eigenvalue weighted by Crippen LogP contribution is 2.42. The summed E-state index contributed by atoms with van der Waals surface area (Å²) in [7, 11) is 1.96. The SMILES string of the molecule is Cc1nn(C)c(CC2(CCl)CCCc3ccccc32)c1Cl. The number of halogens is 2. The second-order valence-electron chi connectivity index (χ2n) is 6.07. The molecule has 21 heavy (non-hydrogen) atoms. The van der Waals surface area contributed by atoms with E-state index in [2.05, 4.69) is 29.4 Å². The summed E-state index contributed by atoms with van der Waals surface area (Å²) in [6.45, 7) is 1.95. The lowest BCUT2D eigenvalue weighted by Crippen LogP contribution is -2.36. The van der Waals surface area contributed by atoms with Crippen molar-refractivity contribution in [3.63, 3.8) is 0 Å². The third-order valence-corrected chi connectivity index (χ3v) is 5.72. The fraction of sp³-hybridized carbons (Fsp3) is 0.471. The number of benzene rings is 1. The molecule has 112 valence electrons. The molecule has 0 N–H and O–H groups in total. The Morgan fingerprint density at radius 2 is 2.10 bits per heavy atom. The predicted octanol–water partition coefficient (Wildman–Crippen LogP) is 4.44. The normalized spacial score (nSPS) is 21.3. The molecule has 2 aromatic rings. The Kier molecular flexibility index (Phi) is 4.02. The smallest absolute Gasteiger partial charge is 0.0847 e. The molecular formula is C17H20Cl2N2. The zero-order valence-corrected chi connectivity index (χ0v) is 14.0. The highest BCUT2D eigenvalue weighted by molar-refractivity contribution is 6.31. The summed E-state index contributed by atoms with van der Waals surface area (Å²) in [5.41, 5.74) is 4.77. The van der Waals surface area contributed by atoms with E-state index >= 15 is 0 Å². The van der Waals surface area contributed by atoms with Crippen LogP contribution in [-0.4, -0.2) is 15.7 Å². The molecule has 1 unspecified atom stereocenters. The van der Waals surface area contributed by atoms with Gasteiger partial charge >= 0.3 is 0 Å². The first-order chi connectivity index (χ1) is 10.1. The number of alkyl halides is 1. The first-order valence-electron chi connectivity index (χ1n) is 7.40. The van der Waals surface area contributed by atoms with Crippen molar-refractivity contribution in [2.24, 2.45) is 7.05 Å². The Hall–Kier alpha value is -0.990. The van der Waals surface area contributed by atoms with Gasteiger partial charge in [-0.2, -0.15) is 5.10 Å². The van der Waals surface area contributed by atoms with Crippen LogP contribution in [0.3, 0.4) is 0 Å². The van der Waals surface area contributed by atoms with Crippen LogP contribution in [0.25, 0.3) is 0 Å². The van der Waals surface area contributed by atoms with Gasteiger partial charge in [0.15, 0.2) is 0 Å². The van der Waals surface area contributed by atoms with Crippen LogP contribution in [0.15, 0.2) is 24.3 Å². The number of aryl methyl sites for hydroxylation is 3. The largest absolute Gasteiger partial charge is 0.271 e. The third kappa shape index (κ3) is 2.49. The standard InChI is InChI=1S/C17H20Cl2N2/c1-12-16(19)15(21(2)20-12)10-17(11-18)9-5-7-13-6-3-4-8-14(13)17/h3-4,6,8H,5,7,9-11H2,1-2H3. The number of aromatic nitrogens is 2. The fourth-order valence-corrected chi connectivity index (χ4v) is 4.17. The molecule has 1 heterocycles. The van der Waals surface area contributed by atoms with E-state index in [1.165, 1.54) is 17.5 Å². The molecule has 1 aromatic heterocycles. The Labute approximate surface area is 136 Å². The fourth-order valence-electron chi connectivity index (χ4n) is 3.57. The van der Waals surface area contributed by atoms with Gasteiger partial charge in [0.25, 0.3) is 0 Å². The summed E-state index contributed by atoms with van der Waals surface area (Å²) in [5, 5.41) is 5.22. The molecule has 0 spiro atoms. The van der Waals surface area contributed by atoms with Crippen LogP contribution in [0.1, 0.15) is 35.4 Å². The van der Waals surface area contributed by atoms with Gasteiger partial charge in [0.05, 0.1) is 16.4 Å². The molecule has 3 rings (SSSR count). The van der Waals surface area contributed by atoms with E-state index in [1.54, 1.807) is 0 Å².